The first-order chi connectivity index (χ1) is 4.72. The van der Waals surface area contributed by atoms with E-state index >= 15 is 0 Å². The first-order valence-electron chi connectivity index (χ1n) is 3.35. The standard InChI is InChI=1S/C9H14O/c1-4-6-7-9(5-2)8(3)10/h4-8,10H,1H2,2-3H3/b7-6-,9-5+. The van der Waals surface area contributed by atoms with E-state index in [9.17, 15) is 0 Å². The number of aliphatic hydroxyl groups excluding tert-OH is 1. The predicted octanol–water partition coefficient (Wildman–Crippen LogP) is 2.06. The average molecular weight is 138 g/mol. The topological polar surface area (TPSA) is 20.2 Å². The van der Waals surface area contributed by atoms with Crippen molar-refractivity contribution in [3.05, 3.63) is 36.5 Å². The lowest BCUT2D eigenvalue weighted by atomic mass is 10.1. The highest BCUT2D eigenvalue weighted by Crippen LogP contribution is 2.02. The second-order valence-electron chi connectivity index (χ2n) is 2.06. The quantitative estimate of drug-likeness (QED) is 0.592. The van der Waals surface area contributed by atoms with Gasteiger partial charge in [0.2, 0.25) is 0 Å². The van der Waals surface area contributed by atoms with E-state index in [0.29, 0.717) is 0 Å². The van der Waals surface area contributed by atoms with E-state index in [1.165, 1.54) is 0 Å². The van der Waals surface area contributed by atoms with Crippen LogP contribution in [0.15, 0.2) is 36.5 Å². The highest BCUT2D eigenvalue weighted by atomic mass is 16.3. The van der Waals surface area contributed by atoms with Gasteiger partial charge in [-0.15, -0.1) is 0 Å². The molecule has 0 rings (SSSR count). The molecule has 0 bridgehead atoms. The van der Waals surface area contributed by atoms with Crippen LogP contribution in [0.4, 0.5) is 0 Å². The van der Waals surface area contributed by atoms with Crippen molar-refractivity contribution in [1.82, 2.24) is 0 Å². The van der Waals surface area contributed by atoms with Crippen molar-refractivity contribution in [3.8, 4) is 0 Å². The molecular weight excluding hydrogens is 124 g/mol. The molecule has 0 aromatic heterocycles. The fourth-order valence-electron chi connectivity index (χ4n) is 0.656. The van der Waals surface area contributed by atoms with E-state index in [-0.39, 0.29) is 6.10 Å². The van der Waals surface area contributed by atoms with Gasteiger partial charge >= 0.3 is 0 Å². The molecule has 1 unspecified atom stereocenters. The lowest BCUT2D eigenvalue weighted by Crippen LogP contribution is -2.00. The van der Waals surface area contributed by atoms with Crippen LogP contribution < -0.4 is 0 Å². The van der Waals surface area contributed by atoms with Gasteiger partial charge in [-0.25, -0.2) is 0 Å². The Bertz CT molecular complexity index is 152. The summed E-state index contributed by atoms with van der Waals surface area (Å²) >= 11 is 0. The molecule has 1 atom stereocenters. The van der Waals surface area contributed by atoms with Gasteiger partial charge < -0.3 is 5.11 Å². The van der Waals surface area contributed by atoms with Gasteiger partial charge in [0, 0.05) is 0 Å². The minimum Gasteiger partial charge on any atom is -0.389 e. The highest BCUT2D eigenvalue weighted by Gasteiger charge is 1.96. The molecule has 0 saturated heterocycles. The zero-order chi connectivity index (χ0) is 7.98. The Balaban J connectivity index is 4.10. The molecule has 0 radical (unpaired) electrons. The Kier molecular flexibility index (Phi) is 4.59. The maximum absolute atomic E-state index is 9.08. The molecule has 0 aromatic rings. The maximum Gasteiger partial charge on any atom is 0.0758 e. The van der Waals surface area contributed by atoms with E-state index in [2.05, 4.69) is 6.58 Å². The molecular formula is C9H14O. The molecule has 0 aliphatic rings. The number of aliphatic hydroxyl groups is 1. The molecule has 0 fully saturated rings. The molecule has 10 heavy (non-hydrogen) atoms. The van der Waals surface area contributed by atoms with Crippen LogP contribution in [0, 0.1) is 0 Å². The maximum atomic E-state index is 9.08. The van der Waals surface area contributed by atoms with E-state index in [1.807, 2.05) is 25.2 Å². The van der Waals surface area contributed by atoms with Crippen molar-refractivity contribution < 1.29 is 5.11 Å². The summed E-state index contributed by atoms with van der Waals surface area (Å²) in [5.41, 5.74) is 0.917. The van der Waals surface area contributed by atoms with Crippen molar-refractivity contribution in [1.29, 1.82) is 0 Å². The van der Waals surface area contributed by atoms with Gasteiger partial charge in [0.1, 0.15) is 0 Å². The van der Waals surface area contributed by atoms with Gasteiger partial charge in [-0.1, -0.05) is 30.9 Å². The molecule has 56 valence electrons. The Morgan fingerprint density at radius 2 is 2.20 bits per heavy atom. The van der Waals surface area contributed by atoms with Crippen LogP contribution in [0.3, 0.4) is 0 Å². The zero-order valence-corrected chi connectivity index (χ0v) is 6.54. The van der Waals surface area contributed by atoms with Gasteiger partial charge in [0.15, 0.2) is 0 Å². The first-order valence-corrected chi connectivity index (χ1v) is 3.35. The second kappa shape index (κ2) is 5.00. The van der Waals surface area contributed by atoms with Gasteiger partial charge in [0.25, 0.3) is 0 Å². The Morgan fingerprint density at radius 1 is 1.60 bits per heavy atom. The third-order valence-electron chi connectivity index (χ3n) is 1.24. The Hall–Kier alpha value is -0.820. The van der Waals surface area contributed by atoms with Crippen LogP contribution in [0.1, 0.15) is 13.8 Å². The van der Waals surface area contributed by atoms with Crippen molar-refractivity contribution in [2.75, 3.05) is 0 Å². The van der Waals surface area contributed by atoms with Crippen molar-refractivity contribution in [2.24, 2.45) is 0 Å². The number of rotatable bonds is 3. The number of hydrogen-bond acceptors (Lipinski definition) is 1. The SMILES string of the molecule is C=C/C=C\C(=C/C)C(C)O. The molecule has 0 aliphatic carbocycles. The van der Waals surface area contributed by atoms with Gasteiger partial charge in [-0.05, 0) is 19.4 Å². The van der Waals surface area contributed by atoms with Crippen LogP contribution >= 0.6 is 0 Å². The summed E-state index contributed by atoms with van der Waals surface area (Å²) < 4.78 is 0. The summed E-state index contributed by atoms with van der Waals surface area (Å²) in [7, 11) is 0. The molecule has 0 amide bonds. The van der Waals surface area contributed by atoms with Crippen LogP contribution in [0.5, 0.6) is 0 Å². The van der Waals surface area contributed by atoms with E-state index in [1.54, 1.807) is 13.0 Å². The molecule has 0 saturated carbocycles. The lowest BCUT2D eigenvalue weighted by Gasteiger charge is -2.02. The molecule has 0 aliphatic heterocycles. The molecule has 0 heterocycles. The predicted molar refractivity (Wildman–Crippen MR) is 44.8 cm³/mol. The van der Waals surface area contributed by atoms with Gasteiger partial charge in [-0.2, -0.15) is 0 Å². The molecule has 0 aromatic carbocycles. The summed E-state index contributed by atoms with van der Waals surface area (Å²) in [4.78, 5) is 0. The van der Waals surface area contributed by atoms with Gasteiger partial charge in [-0.3, -0.25) is 0 Å². The van der Waals surface area contributed by atoms with Crippen molar-refractivity contribution >= 4 is 0 Å². The number of hydrogen-bond donors (Lipinski definition) is 1. The van der Waals surface area contributed by atoms with Crippen LogP contribution in [-0.4, -0.2) is 11.2 Å². The molecule has 1 nitrogen and oxygen atoms in total. The fraction of sp³-hybridized carbons (Fsp3) is 0.333. The van der Waals surface area contributed by atoms with Crippen molar-refractivity contribution in [3.63, 3.8) is 0 Å². The van der Waals surface area contributed by atoms with E-state index in [4.69, 9.17) is 5.11 Å². The summed E-state index contributed by atoms with van der Waals surface area (Å²) in [6.45, 7) is 7.17. The van der Waals surface area contributed by atoms with Crippen molar-refractivity contribution in [2.45, 2.75) is 20.0 Å². The second-order valence-corrected chi connectivity index (χ2v) is 2.06. The summed E-state index contributed by atoms with van der Waals surface area (Å²) in [6, 6.07) is 0. The normalized spacial score (nSPS) is 15.7. The Morgan fingerprint density at radius 3 is 2.50 bits per heavy atom. The molecule has 0 spiro atoms. The summed E-state index contributed by atoms with van der Waals surface area (Å²) in [5.74, 6) is 0. The fourth-order valence-corrected chi connectivity index (χ4v) is 0.656. The zero-order valence-electron chi connectivity index (χ0n) is 6.54. The summed E-state index contributed by atoms with van der Waals surface area (Å²) in [6.07, 6.45) is 6.83. The third-order valence-corrected chi connectivity index (χ3v) is 1.24. The average Bonchev–Trinajstić information content (AvgIpc) is 1.89. The third kappa shape index (κ3) is 3.25. The first kappa shape index (κ1) is 9.18. The Labute approximate surface area is 62.4 Å². The van der Waals surface area contributed by atoms with Crippen LogP contribution in [0.25, 0.3) is 0 Å². The lowest BCUT2D eigenvalue weighted by molar-refractivity contribution is 0.235. The van der Waals surface area contributed by atoms with Crippen LogP contribution in [-0.2, 0) is 0 Å². The van der Waals surface area contributed by atoms with E-state index < -0.39 is 0 Å². The smallest absolute Gasteiger partial charge is 0.0758 e. The largest absolute Gasteiger partial charge is 0.389 e. The molecule has 1 heteroatoms. The van der Waals surface area contributed by atoms with Crippen LogP contribution in [0.2, 0.25) is 0 Å². The number of allylic oxidation sites excluding steroid dienone is 3. The highest BCUT2D eigenvalue weighted by molar-refractivity contribution is 5.23. The van der Waals surface area contributed by atoms with E-state index in [0.717, 1.165) is 5.57 Å². The van der Waals surface area contributed by atoms with Gasteiger partial charge in [0.05, 0.1) is 6.10 Å². The minimum atomic E-state index is -0.388. The molecule has 1 N–H and O–H groups in total. The monoisotopic (exact) mass is 138 g/mol. The minimum absolute atomic E-state index is 0.388. The summed E-state index contributed by atoms with van der Waals surface area (Å²) in [5, 5.41) is 9.08.